The fraction of sp³-hybridized carbons (Fsp3) is 0.875. The lowest BCUT2D eigenvalue weighted by atomic mass is 9.93. The summed E-state index contributed by atoms with van der Waals surface area (Å²) in [6.45, 7) is 8.50. The fourth-order valence-corrected chi connectivity index (χ4v) is 5.21. The van der Waals surface area contributed by atoms with Crippen LogP contribution >= 0.6 is 0 Å². The molecule has 38 heavy (non-hydrogen) atoms. The van der Waals surface area contributed by atoms with Gasteiger partial charge < -0.3 is 4.90 Å². The molecule has 1 saturated heterocycles. The molecule has 3 amide bonds. The Bertz CT molecular complexity index is 704. The van der Waals surface area contributed by atoms with Crippen LogP contribution < -0.4 is 0 Å². The Labute approximate surface area is 233 Å². The van der Waals surface area contributed by atoms with E-state index in [4.69, 9.17) is 0 Å². The Morgan fingerprint density at radius 1 is 0.632 bits per heavy atom. The minimum atomic E-state index is -0.572. The van der Waals surface area contributed by atoms with Gasteiger partial charge in [-0.1, -0.05) is 104 Å². The van der Waals surface area contributed by atoms with E-state index >= 15 is 0 Å². The van der Waals surface area contributed by atoms with Gasteiger partial charge in [-0.25, -0.2) is 4.79 Å². The highest BCUT2D eigenvalue weighted by Crippen LogP contribution is 2.27. The number of carbonyl (C=O) groups excluding carboxylic acids is 4. The van der Waals surface area contributed by atoms with E-state index in [0.717, 1.165) is 25.7 Å². The van der Waals surface area contributed by atoms with Crippen molar-refractivity contribution in [3.05, 3.63) is 0 Å². The number of Topliss-reactive ketones (excluding diaryl/α,β-unsaturated/α-hetero) is 2. The number of carbonyl (C=O) groups is 4. The molecule has 0 spiro atoms. The molecule has 1 heterocycles. The Morgan fingerprint density at radius 2 is 1.05 bits per heavy atom. The number of hydrogen-bond acceptors (Lipinski definition) is 4. The lowest BCUT2D eigenvalue weighted by molar-refractivity contribution is -0.126. The molecule has 1 rings (SSSR count). The zero-order valence-electron chi connectivity index (χ0n) is 25.3. The van der Waals surface area contributed by atoms with Gasteiger partial charge in [-0.3, -0.25) is 19.3 Å². The summed E-state index contributed by atoms with van der Waals surface area (Å²) in [7, 11) is 0. The van der Waals surface area contributed by atoms with Crippen LogP contribution in [0.3, 0.4) is 0 Å². The molecular formula is C32H58N2O4. The van der Waals surface area contributed by atoms with Gasteiger partial charge in [0.15, 0.2) is 0 Å². The molecule has 0 aromatic carbocycles. The average molecular weight is 535 g/mol. The van der Waals surface area contributed by atoms with Gasteiger partial charge in [-0.2, -0.15) is 0 Å². The average Bonchev–Trinajstić information content (AvgIpc) is 3.18. The molecule has 0 aromatic rings. The molecule has 0 N–H and O–H groups in total. The minimum Gasteiger partial charge on any atom is -0.310 e. The van der Waals surface area contributed by atoms with Crippen molar-refractivity contribution < 1.29 is 19.2 Å². The fourth-order valence-electron chi connectivity index (χ4n) is 5.21. The number of rotatable bonds is 25. The molecule has 0 bridgehead atoms. The van der Waals surface area contributed by atoms with Crippen LogP contribution in [0.4, 0.5) is 4.79 Å². The normalized spacial score (nSPS) is 14.1. The molecule has 1 aliphatic rings. The zero-order valence-corrected chi connectivity index (χ0v) is 25.3. The highest BCUT2D eigenvalue weighted by molar-refractivity contribution is 6.02. The number of unbranched alkanes of at least 4 members (excludes halogenated alkanes) is 14. The molecule has 1 aliphatic heterocycles. The van der Waals surface area contributed by atoms with Gasteiger partial charge in [-0.15, -0.1) is 0 Å². The third-order valence-corrected chi connectivity index (χ3v) is 8.04. The van der Waals surface area contributed by atoms with Gasteiger partial charge in [0.1, 0.15) is 18.1 Å². The van der Waals surface area contributed by atoms with Crippen LogP contribution in [0, 0.1) is 0 Å². The summed E-state index contributed by atoms with van der Waals surface area (Å²) >= 11 is 0. The highest BCUT2D eigenvalue weighted by atomic mass is 16.2. The van der Waals surface area contributed by atoms with Crippen molar-refractivity contribution in [1.82, 2.24) is 9.80 Å². The molecule has 6 nitrogen and oxygen atoms in total. The molecule has 6 heteroatoms. The van der Waals surface area contributed by atoms with Crippen LogP contribution in [-0.2, 0) is 14.4 Å². The first-order valence-corrected chi connectivity index (χ1v) is 15.9. The zero-order chi connectivity index (χ0) is 28.2. The third-order valence-electron chi connectivity index (χ3n) is 8.04. The number of nitrogens with zero attached hydrogens (tertiary/aromatic N) is 2. The van der Waals surface area contributed by atoms with Crippen molar-refractivity contribution in [2.24, 2.45) is 0 Å². The molecular weight excluding hydrogens is 476 g/mol. The van der Waals surface area contributed by atoms with Gasteiger partial charge in [-0.05, 0) is 33.1 Å². The largest absolute Gasteiger partial charge is 0.327 e. The Hall–Kier alpha value is -1.72. The maximum Gasteiger partial charge on any atom is 0.327 e. The maximum absolute atomic E-state index is 13.0. The predicted octanol–water partition coefficient (Wildman–Crippen LogP) is 8.40. The van der Waals surface area contributed by atoms with Crippen molar-refractivity contribution in [3.63, 3.8) is 0 Å². The van der Waals surface area contributed by atoms with E-state index < -0.39 is 5.54 Å². The lowest BCUT2D eigenvalue weighted by Crippen LogP contribution is -2.46. The Kier molecular flexibility index (Phi) is 18.3. The van der Waals surface area contributed by atoms with E-state index in [9.17, 15) is 19.2 Å². The first-order valence-electron chi connectivity index (χ1n) is 15.9. The van der Waals surface area contributed by atoms with E-state index in [-0.39, 0.29) is 43.0 Å². The van der Waals surface area contributed by atoms with Crippen LogP contribution in [0.5, 0.6) is 0 Å². The van der Waals surface area contributed by atoms with E-state index in [1.165, 1.54) is 81.9 Å². The van der Waals surface area contributed by atoms with Gasteiger partial charge in [0.2, 0.25) is 5.91 Å². The van der Waals surface area contributed by atoms with Gasteiger partial charge >= 0.3 is 6.03 Å². The summed E-state index contributed by atoms with van der Waals surface area (Å²) in [5, 5.41) is 0. The van der Waals surface area contributed by atoms with Crippen LogP contribution in [-0.4, -0.2) is 51.9 Å². The standard InChI is InChI=1S/C32H58N2O4/c1-5-7-9-11-13-15-17-19-21-28(35)23-25-32(3,4)34-27-30(37)33(31(34)38)26-24-29(36)22-20-18-16-14-12-10-8-6-2/h5-27H2,1-4H3. The number of ketones is 2. The second kappa shape index (κ2) is 20.2. The smallest absolute Gasteiger partial charge is 0.310 e. The molecule has 0 aromatic heterocycles. The molecule has 0 radical (unpaired) electrons. The molecule has 0 aliphatic carbocycles. The summed E-state index contributed by atoms with van der Waals surface area (Å²) in [5.74, 6) is 0.125. The molecule has 0 saturated carbocycles. The number of hydrogen-bond donors (Lipinski definition) is 0. The molecule has 220 valence electrons. The lowest BCUT2D eigenvalue weighted by Gasteiger charge is -2.34. The van der Waals surface area contributed by atoms with E-state index in [0.29, 0.717) is 25.7 Å². The number of urea groups is 1. The quantitative estimate of drug-likeness (QED) is 0.0870. The third kappa shape index (κ3) is 14.4. The Balaban J connectivity index is 2.27. The Morgan fingerprint density at radius 3 is 1.53 bits per heavy atom. The first-order chi connectivity index (χ1) is 18.2. The van der Waals surface area contributed by atoms with Crippen molar-refractivity contribution in [2.75, 3.05) is 13.1 Å². The minimum absolute atomic E-state index is 0.0320. The van der Waals surface area contributed by atoms with E-state index in [2.05, 4.69) is 13.8 Å². The highest BCUT2D eigenvalue weighted by Gasteiger charge is 2.43. The van der Waals surface area contributed by atoms with Crippen molar-refractivity contribution in [1.29, 1.82) is 0 Å². The second-order valence-corrected chi connectivity index (χ2v) is 12.0. The summed E-state index contributed by atoms with van der Waals surface area (Å²) in [6, 6.07) is -0.324. The van der Waals surface area contributed by atoms with Crippen molar-refractivity contribution in [3.8, 4) is 0 Å². The second-order valence-electron chi connectivity index (χ2n) is 12.0. The summed E-state index contributed by atoms with van der Waals surface area (Å²) in [4.78, 5) is 53.2. The van der Waals surface area contributed by atoms with Crippen LogP contribution in [0.2, 0.25) is 0 Å². The first kappa shape index (κ1) is 34.3. The molecule has 0 atom stereocenters. The molecule has 1 fully saturated rings. The van der Waals surface area contributed by atoms with Gasteiger partial charge in [0.05, 0.1) is 0 Å². The van der Waals surface area contributed by atoms with Crippen LogP contribution in [0.25, 0.3) is 0 Å². The monoisotopic (exact) mass is 534 g/mol. The summed E-state index contributed by atoms with van der Waals surface area (Å²) < 4.78 is 0. The predicted molar refractivity (Wildman–Crippen MR) is 156 cm³/mol. The van der Waals surface area contributed by atoms with Gasteiger partial charge in [0, 0.05) is 37.8 Å². The SMILES string of the molecule is CCCCCCCCCCC(=O)CCN1C(=O)CN(C(C)(C)CCC(=O)CCCCCCCCCC)C1=O. The maximum atomic E-state index is 13.0. The van der Waals surface area contributed by atoms with Crippen LogP contribution in [0.15, 0.2) is 0 Å². The van der Waals surface area contributed by atoms with E-state index in [1.54, 1.807) is 4.90 Å². The van der Waals surface area contributed by atoms with E-state index in [1.807, 2.05) is 13.8 Å². The topological polar surface area (TPSA) is 74.8 Å². The number of amides is 3. The van der Waals surface area contributed by atoms with Crippen molar-refractivity contribution in [2.45, 2.75) is 168 Å². The number of imide groups is 1. The molecule has 0 unspecified atom stereocenters. The van der Waals surface area contributed by atoms with Crippen molar-refractivity contribution >= 4 is 23.5 Å². The summed E-state index contributed by atoms with van der Waals surface area (Å²) in [6.07, 6.45) is 21.5. The van der Waals surface area contributed by atoms with Crippen LogP contribution in [0.1, 0.15) is 163 Å². The van der Waals surface area contributed by atoms with Gasteiger partial charge in [0.25, 0.3) is 0 Å². The summed E-state index contributed by atoms with van der Waals surface area (Å²) in [5.41, 5.74) is -0.572.